The zero-order valence-corrected chi connectivity index (χ0v) is 10.3. The van der Waals surface area contributed by atoms with Gasteiger partial charge in [-0.1, -0.05) is 29.8 Å². The minimum atomic E-state index is -0.424. The summed E-state index contributed by atoms with van der Waals surface area (Å²) in [5, 5.41) is 3.44. The fourth-order valence-electron chi connectivity index (χ4n) is 1.29. The Morgan fingerprint density at radius 1 is 1.50 bits per heavy atom. The predicted octanol–water partition coefficient (Wildman–Crippen LogP) is 2.38. The molecule has 1 aromatic rings. The van der Waals surface area contributed by atoms with Gasteiger partial charge in [-0.05, 0) is 25.5 Å². The van der Waals surface area contributed by atoms with Crippen LogP contribution in [0.3, 0.4) is 0 Å². The fraction of sp³-hybridized carbons (Fsp3) is 0.417. The van der Waals surface area contributed by atoms with Crippen molar-refractivity contribution in [3.63, 3.8) is 0 Å². The Balaban J connectivity index is 2.46. The highest BCUT2D eigenvalue weighted by molar-refractivity contribution is 6.31. The number of hydrogen-bond acceptors (Lipinski definition) is 2. The summed E-state index contributed by atoms with van der Waals surface area (Å²) in [6, 6.07) is 7.43. The molecule has 1 amide bonds. The van der Waals surface area contributed by atoms with Crippen LogP contribution in [0, 0.1) is 0 Å². The van der Waals surface area contributed by atoms with E-state index in [-0.39, 0.29) is 5.91 Å². The summed E-state index contributed by atoms with van der Waals surface area (Å²) in [6.07, 6.45) is -0.424. The lowest BCUT2D eigenvalue weighted by molar-refractivity contribution is -0.131. The van der Waals surface area contributed by atoms with Gasteiger partial charge in [0.25, 0.3) is 0 Å². The molecule has 1 atom stereocenters. The molecule has 4 heteroatoms. The molecule has 1 unspecified atom stereocenters. The minimum Gasteiger partial charge on any atom is -0.369 e. The number of carbonyl (C=O) groups is 1. The van der Waals surface area contributed by atoms with Gasteiger partial charge in [-0.25, -0.2) is 0 Å². The highest BCUT2D eigenvalue weighted by Gasteiger charge is 2.12. The summed E-state index contributed by atoms with van der Waals surface area (Å²) in [5.74, 6) is -0.123. The summed E-state index contributed by atoms with van der Waals surface area (Å²) < 4.78 is 5.18. The number of halogens is 1. The van der Waals surface area contributed by atoms with Crippen LogP contribution in [0.1, 0.15) is 19.4 Å². The van der Waals surface area contributed by atoms with Gasteiger partial charge in [-0.2, -0.15) is 0 Å². The van der Waals surface area contributed by atoms with E-state index in [1.807, 2.05) is 25.1 Å². The van der Waals surface area contributed by atoms with Gasteiger partial charge in [0.05, 0.1) is 0 Å². The second-order valence-corrected chi connectivity index (χ2v) is 3.81. The smallest absolute Gasteiger partial charge is 0.249 e. The summed E-state index contributed by atoms with van der Waals surface area (Å²) in [5.41, 5.74) is 0.904. The fourth-order valence-corrected chi connectivity index (χ4v) is 1.50. The first kappa shape index (κ1) is 13.0. The number of amides is 1. The molecule has 0 heterocycles. The average molecular weight is 242 g/mol. The van der Waals surface area contributed by atoms with Crippen LogP contribution in [0.4, 0.5) is 0 Å². The van der Waals surface area contributed by atoms with Gasteiger partial charge in [-0.15, -0.1) is 0 Å². The summed E-state index contributed by atoms with van der Waals surface area (Å²) in [4.78, 5) is 11.5. The average Bonchev–Trinajstić information content (AvgIpc) is 2.28. The molecular weight excluding hydrogens is 226 g/mol. The molecule has 0 bridgehead atoms. The zero-order valence-electron chi connectivity index (χ0n) is 9.50. The molecule has 88 valence electrons. The number of carbonyl (C=O) groups excluding carboxylic acids is 1. The van der Waals surface area contributed by atoms with Crippen molar-refractivity contribution in [1.29, 1.82) is 0 Å². The van der Waals surface area contributed by atoms with E-state index in [0.717, 1.165) is 5.56 Å². The molecule has 16 heavy (non-hydrogen) atoms. The molecular formula is C12H16ClNO2. The van der Waals surface area contributed by atoms with Gasteiger partial charge in [0.2, 0.25) is 5.91 Å². The lowest BCUT2D eigenvalue weighted by Gasteiger charge is -2.12. The van der Waals surface area contributed by atoms with Gasteiger partial charge in [-0.3, -0.25) is 4.79 Å². The summed E-state index contributed by atoms with van der Waals surface area (Å²) in [7, 11) is 0. The first-order chi connectivity index (χ1) is 7.65. The first-order valence-electron chi connectivity index (χ1n) is 5.28. The number of nitrogens with one attached hydrogen (secondary N) is 1. The van der Waals surface area contributed by atoms with E-state index in [1.165, 1.54) is 0 Å². The SMILES string of the molecule is CCOC(C)C(=O)NCc1ccccc1Cl. The van der Waals surface area contributed by atoms with Crippen molar-refractivity contribution in [2.75, 3.05) is 6.61 Å². The third-order valence-corrected chi connectivity index (χ3v) is 2.57. The second-order valence-electron chi connectivity index (χ2n) is 3.41. The van der Waals surface area contributed by atoms with E-state index >= 15 is 0 Å². The second kappa shape index (κ2) is 6.51. The molecule has 0 saturated heterocycles. The quantitative estimate of drug-likeness (QED) is 0.860. The number of benzene rings is 1. The third-order valence-electron chi connectivity index (χ3n) is 2.20. The van der Waals surface area contributed by atoms with Crippen LogP contribution in [0.15, 0.2) is 24.3 Å². The zero-order chi connectivity index (χ0) is 12.0. The van der Waals surface area contributed by atoms with E-state index in [1.54, 1.807) is 13.0 Å². The van der Waals surface area contributed by atoms with Crippen LogP contribution in [-0.2, 0) is 16.1 Å². The van der Waals surface area contributed by atoms with E-state index in [2.05, 4.69) is 5.32 Å². The van der Waals surface area contributed by atoms with Crippen LogP contribution in [0.2, 0.25) is 5.02 Å². The maximum Gasteiger partial charge on any atom is 0.249 e. The Morgan fingerprint density at radius 2 is 2.19 bits per heavy atom. The minimum absolute atomic E-state index is 0.123. The van der Waals surface area contributed by atoms with E-state index in [0.29, 0.717) is 18.2 Å². The Labute approximate surface area is 101 Å². The number of hydrogen-bond donors (Lipinski definition) is 1. The monoisotopic (exact) mass is 241 g/mol. The topological polar surface area (TPSA) is 38.3 Å². The van der Waals surface area contributed by atoms with Crippen molar-refractivity contribution in [1.82, 2.24) is 5.32 Å². The van der Waals surface area contributed by atoms with Gasteiger partial charge in [0, 0.05) is 18.2 Å². The summed E-state index contributed by atoms with van der Waals surface area (Å²) >= 11 is 5.97. The maximum absolute atomic E-state index is 11.5. The van der Waals surface area contributed by atoms with Crippen molar-refractivity contribution in [3.05, 3.63) is 34.9 Å². The van der Waals surface area contributed by atoms with E-state index in [9.17, 15) is 4.79 Å². The number of rotatable bonds is 5. The van der Waals surface area contributed by atoms with Crippen molar-refractivity contribution >= 4 is 17.5 Å². The van der Waals surface area contributed by atoms with Crippen LogP contribution < -0.4 is 5.32 Å². The van der Waals surface area contributed by atoms with Gasteiger partial charge < -0.3 is 10.1 Å². The third kappa shape index (κ3) is 3.83. The summed E-state index contributed by atoms with van der Waals surface area (Å²) in [6.45, 7) is 4.54. The molecule has 1 rings (SSSR count). The van der Waals surface area contributed by atoms with Gasteiger partial charge in [0.15, 0.2) is 0 Å². The molecule has 0 aliphatic carbocycles. The van der Waals surface area contributed by atoms with Crippen molar-refractivity contribution in [2.45, 2.75) is 26.5 Å². The normalized spacial score (nSPS) is 12.2. The van der Waals surface area contributed by atoms with E-state index in [4.69, 9.17) is 16.3 Å². The molecule has 1 aromatic carbocycles. The van der Waals surface area contributed by atoms with Crippen molar-refractivity contribution in [2.24, 2.45) is 0 Å². The van der Waals surface area contributed by atoms with Crippen molar-refractivity contribution in [3.8, 4) is 0 Å². The molecule has 0 aliphatic heterocycles. The largest absolute Gasteiger partial charge is 0.369 e. The maximum atomic E-state index is 11.5. The van der Waals surface area contributed by atoms with E-state index < -0.39 is 6.10 Å². The molecule has 1 N–H and O–H groups in total. The van der Waals surface area contributed by atoms with Crippen LogP contribution >= 0.6 is 11.6 Å². The van der Waals surface area contributed by atoms with Gasteiger partial charge in [0.1, 0.15) is 6.10 Å². The van der Waals surface area contributed by atoms with Crippen LogP contribution in [0.25, 0.3) is 0 Å². The van der Waals surface area contributed by atoms with Crippen LogP contribution in [-0.4, -0.2) is 18.6 Å². The molecule has 0 radical (unpaired) electrons. The molecule has 0 aliphatic rings. The molecule has 0 fully saturated rings. The Kier molecular flexibility index (Phi) is 5.29. The standard InChI is InChI=1S/C12H16ClNO2/c1-3-16-9(2)12(15)14-8-10-6-4-5-7-11(10)13/h4-7,9H,3,8H2,1-2H3,(H,14,15). The van der Waals surface area contributed by atoms with Gasteiger partial charge >= 0.3 is 0 Å². The first-order valence-corrected chi connectivity index (χ1v) is 5.65. The number of ether oxygens (including phenoxy) is 1. The Morgan fingerprint density at radius 3 is 2.81 bits per heavy atom. The molecule has 0 spiro atoms. The Bertz CT molecular complexity index is 355. The highest BCUT2D eigenvalue weighted by atomic mass is 35.5. The lowest BCUT2D eigenvalue weighted by atomic mass is 10.2. The molecule has 0 aromatic heterocycles. The lowest BCUT2D eigenvalue weighted by Crippen LogP contribution is -2.34. The predicted molar refractivity (Wildman–Crippen MR) is 64.4 cm³/mol. The Hall–Kier alpha value is -1.06. The van der Waals surface area contributed by atoms with Crippen LogP contribution in [0.5, 0.6) is 0 Å². The molecule has 0 saturated carbocycles. The van der Waals surface area contributed by atoms with Crippen molar-refractivity contribution < 1.29 is 9.53 Å². The molecule has 3 nitrogen and oxygen atoms in total. The highest BCUT2D eigenvalue weighted by Crippen LogP contribution is 2.14.